The fourth-order valence-corrected chi connectivity index (χ4v) is 9.75. The molecule has 8 aromatic carbocycles. The van der Waals surface area contributed by atoms with E-state index < -0.39 is 0 Å². The Morgan fingerprint density at radius 2 is 0.962 bits per heavy atom. The summed E-state index contributed by atoms with van der Waals surface area (Å²) in [6.07, 6.45) is 1.95. The third-order valence-corrected chi connectivity index (χ3v) is 11.9. The lowest BCUT2D eigenvalue weighted by Gasteiger charge is -2.25. The number of nitrogens with zero attached hydrogens (tertiary/aromatic N) is 4. The first-order chi connectivity index (χ1) is 26.1. The average Bonchev–Trinajstić information content (AvgIpc) is 3.81. The summed E-state index contributed by atoms with van der Waals surface area (Å²) in [5, 5.41) is 9.55. The summed E-state index contributed by atoms with van der Waals surface area (Å²) in [5.41, 5.74) is 13.0. The Morgan fingerprint density at radius 3 is 1.66 bits per heavy atom. The first kappa shape index (κ1) is 28.9. The average molecular weight is 677 g/mol. The van der Waals surface area contributed by atoms with Gasteiger partial charge in [-0.05, 0) is 63.4 Å². The zero-order valence-electron chi connectivity index (χ0n) is 29.3. The highest BCUT2D eigenvalue weighted by Gasteiger charge is 2.38. The molecule has 0 radical (unpaired) electrons. The predicted octanol–water partition coefficient (Wildman–Crippen LogP) is 12.4. The fourth-order valence-electron chi connectivity index (χ4n) is 9.75. The van der Waals surface area contributed by atoms with E-state index in [9.17, 15) is 0 Å². The highest BCUT2D eigenvalue weighted by atomic mass is 15.1. The highest BCUT2D eigenvalue weighted by molar-refractivity contribution is 6.29. The van der Waals surface area contributed by atoms with Crippen molar-refractivity contribution in [2.24, 2.45) is 0 Å². The molecule has 0 saturated heterocycles. The molecule has 0 fully saturated rings. The van der Waals surface area contributed by atoms with E-state index in [1.165, 1.54) is 71.3 Å². The van der Waals surface area contributed by atoms with E-state index in [-0.39, 0.29) is 5.41 Å². The largest absolute Gasteiger partial charge is 0.309 e. The van der Waals surface area contributed by atoms with Crippen LogP contribution in [0.15, 0.2) is 158 Å². The van der Waals surface area contributed by atoms with E-state index in [4.69, 9.17) is 9.97 Å². The van der Waals surface area contributed by atoms with E-state index in [0.717, 1.165) is 38.7 Å². The van der Waals surface area contributed by atoms with Crippen molar-refractivity contribution in [1.29, 1.82) is 0 Å². The van der Waals surface area contributed by atoms with E-state index in [1.807, 2.05) is 6.20 Å². The quantitative estimate of drug-likeness (QED) is 0.171. The summed E-state index contributed by atoms with van der Waals surface area (Å²) < 4.78 is 4.82. The van der Waals surface area contributed by atoms with Gasteiger partial charge in [-0.15, -0.1) is 0 Å². The third kappa shape index (κ3) is 3.65. The standard InChI is InChI=1S/C49H32N4/c1-49(2)37-22-10-7-16-31(37)32-21-13-25-42(46(32)49)52-38-23-11-8-19-35(38)44-40(52)26-27-41-45(44)36-20-9-12-24-39(36)53(41)43-28-50-47-33-17-5-3-14-29(33)30-15-4-6-18-34(30)48(47)51-43/h3-28H,1-2H3. The minimum atomic E-state index is -0.148. The van der Waals surface area contributed by atoms with Crippen LogP contribution in [0.4, 0.5) is 0 Å². The maximum atomic E-state index is 5.46. The number of rotatable bonds is 2. The van der Waals surface area contributed by atoms with Crippen LogP contribution in [-0.2, 0) is 5.41 Å². The Morgan fingerprint density at radius 1 is 0.434 bits per heavy atom. The molecule has 0 bridgehead atoms. The summed E-state index contributed by atoms with van der Waals surface area (Å²) in [5.74, 6) is 0.813. The smallest absolute Gasteiger partial charge is 0.156 e. The van der Waals surface area contributed by atoms with Crippen LogP contribution in [0.2, 0.25) is 0 Å². The number of aromatic nitrogens is 4. The molecule has 0 N–H and O–H groups in total. The highest BCUT2D eigenvalue weighted by Crippen LogP contribution is 2.52. The number of fused-ring (bicyclic) bond motifs is 16. The van der Waals surface area contributed by atoms with Gasteiger partial charge < -0.3 is 4.57 Å². The molecule has 248 valence electrons. The van der Waals surface area contributed by atoms with Crippen LogP contribution in [0.1, 0.15) is 25.0 Å². The number of hydrogen-bond donors (Lipinski definition) is 0. The summed E-state index contributed by atoms with van der Waals surface area (Å²) in [4.78, 5) is 10.6. The molecule has 1 aliphatic rings. The molecule has 0 atom stereocenters. The SMILES string of the molecule is CC1(C)c2ccccc2-c2cccc(-n3c4ccccc4c4c5c6ccccc6n(-c6cnc7c8ccccc8c8ccccc8c7n6)c5ccc43)c21. The van der Waals surface area contributed by atoms with E-state index in [0.29, 0.717) is 0 Å². The molecular weight excluding hydrogens is 645 g/mol. The second kappa shape index (κ2) is 10.2. The van der Waals surface area contributed by atoms with Gasteiger partial charge in [-0.25, -0.2) is 4.98 Å². The number of hydrogen-bond acceptors (Lipinski definition) is 2. The second-order valence-corrected chi connectivity index (χ2v) is 14.9. The Balaban J connectivity index is 1.19. The minimum Gasteiger partial charge on any atom is -0.309 e. The first-order valence-electron chi connectivity index (χ1n) is 18.4. The van der Waals surface area contributed by atoms with Crippen molar-refractivity contribution in [1.82, 2.24) is 19.1 Å². The van der Waals surface area contributed by atoms with Crippen molar-refractivity contribution < 1.29 is 0 Å². The van der Waals surface area contributed by atoms with Gasteiger partial charge in [0.15, 0.2) is 5.82 Å². The van der Waals surface area contributed by atoms with Gasteiger partial charge in [0.2, 0.25) is 0 Å². The lowest BCUT2D eigenvalue weighted by molar-refractivity contribution is 0.656. The van der Waals surface area contributed by atoms with Crippen LogP contribution < -0.4 is 0 Å². The van der Waals surface area contributed by atoms with Crippen LogP contribution in [0.5, 0.6) is 0 Å². The summed E-state index contributed by atoms with van der Waals surface area (Å²) in [6.45, 7) is 4.75. The predicted molar refractivity (Wildman–Crippen MR) is 221 cm³/mol. The molecule has 0 aliphatic heterocycles. The third-order valence-electron chi connectivity index (χ3n) is 11.9. The van der Waals surface area contributed by atoms with E-state index >= 15 is 0 Å². The Labute approximate surface area is 305 Å². The van der Waals surface area contributed by atoms with Crippen LogP contribution in [-0.4, -0.2) is 19.1 Å². The lowest BCUT2D eigenvalue weighted by Crippen LogP contribution is -2.17. The van der Waals surface area contributed by atoms with Crippen molar-refractivity contribution in [2.45, 2.75) is 19.3 Å². The maximum Gasteiger partial charge on any atom is 0.156 e. The van der Waals surface area contributed by atoms with Gasteiger partial charge >= 0.3 is 0 Å². The molecule has 4 heteroatoms. The van der Waals surface area contributed by atoms with Gasteiger partial charge in [-0.2, -0.15) is 0 Å². The molecule has 0 unspecified atom stereocenters. The molecule has 12 rings (SSSR count). The van der Waals surface area contributed by atoms with Crippen LogP contribution >= 0.6 is 0 Å². The van der Waals surface area contributed by atoms with Crippen molar-refractivity contribution in [3.8, 4) is 22.6 Å². The molecule has 0 saturated carbocycles. The van der Waals surface area contributed by atoms with Gasteiger partial charge in [-0.3, -0.25) is 9.55 Å². The maximum absolute atomic E-state index is 5.46. The molecule has 3 heterocycles. The van der Waals surface area contributed by atoms with Crippen molar-refractivity contribution >= 4 is 76.2 Å². The second-order valence-electron chi connectivity index (χ2n) is 14.9. The van der Waals surface area contributed by atoms with Gasteiger partial charge in [0.1, 0.15) is 0 Å². The Bertz CT molecular complexity index is 3340. The molecule has 3 aromatic heterocycles. The molecule has 11 aromatic rings. The lowest BCUT2D eigenvalue weighted by atomic mass is 9.81. The Hall–Kier alpha value is -6.78. The number of para-hydroxylation sites is 2. The van der Waals surface area contributed by atoms with Crippen molar-refractivity contribution in [2.75, 3.05) is 0 Å². The van der Waals surface area contributed by atoms with Crippen LogP contribution in [0.3, 0.4) is 0 Å². The first-order valence-corrected chi connectivity index (χ1v) is 18.4. The fraction of sp³-hybridized carbons (Fsp3) is 0.0612. The van der Waals surface area contributed by atoms with Crippen molar-refractivity contribution in [3.05, 3.63) is 169 Å². The molecule has 0 amide bonds. The van der Waals surface area contributed by atoms with Crippen LogP contribution in [0.25, 0.3) is 98.8 Å². The zero-order valence-corrected chi connectivity index (χ0v) is 29.3. The summed E-state index contributed by atoms with van der Waals surface area (Å²) in [7, 11) is 0. The van der Waals surface area contributed by atoms with Crippen molar-refractivity contribution in [3.63, 3.8) is 0 Å². The molecule has 1 aliphatic carbocycles. The van der Waals surface area contributed by atoms with E-state index in [2.05, 4.69) is 175 Å². The van der Waals surface area contributed by atoms with Gasteiger partial charge in [0, 0.05) is 37.7 Å². The Kier molecular flexibility index (Phi) is 5.54. The normalized spacial score (nSPS) is 13.6. The zero-order chi connectivity index (χ0) is 35.0. The molecule has 4 nitrogen and oxygen atoms in total. The molecular formula is C49H32N4. The van der Waals surface area contributed by atoms with Gasteiger partial charge in [0.25, 0.3) is 0 Å². The topological polar surface area (TPSA) is 35.6 Å². The minimum absolute atomic E-state index is 0.148. The molecule has 0 spiro atoms. The monoisotopic (exact) mass is 676 g/mol. The van der Waals surface area contributed by atoms with Crippen LogP contribution in [0, 0.1) is 0 Å². The van der Waals surface area contributed by atoms with Gasteiger partial charge in [0.05, 0.1) is 45.0 Å². The molecule has 53 heavy (non-hydrogen) atoms. The summed E-state index contributed by atoms with van der Waals surface area (Å²) in [6, 6.07) is 55.1. The van der Waals surface area contributed by atoms with Gasteiger partial charge in [-0.1, -0.05) is 135 Å². The van der Waals surface area contributed by atoms with E-state index in [1.54, 1.807) is 0 Å². The summed E-state index contributed by atoms with van der Waals surface area (Å²) >= 11 is 0. The number of benzene rings is 8.